The number of nitrogens with one attached hydrogen (secondary N) is 2. The molecular weight excluding hydrogens is 426 g/mol. The molecule has 0 radical (unpaired) electrons. The van der Waals surface area contributed by atoms with Crippen LogP contribution in [-0.4, -0.2) is 62.6 Å². The van der Waals surface area contributed by atoms with Crippen molar-refractivity contribution < 1.29 is 18.9 Å². The van der Waals surface area contributed by atoms with E-state index in [-0.39, 0.29) is 12.3 Å². The molecule has 0 saturated heterocycles. The van der Waals surface area contributed by atoms with E-state index in [2.05, 4.69) is 39.5 Å². The maximum Gasteiger partial charge on any atom is 0.433 e. The Balaban J connectivity index is 1.72. The van der Waals surface area contributed by atoms with E-state index in [4.69, 9.17) is 9.15 Å². The number of amides is 1. The molecule has 0 aromatic carbocycles. The number of hydrogen-bond acceptors (Lipinski definition) is 10. The second-order valence-electron chi connectivity index (χ2n) is 6.70. The van der Waals surface area contributed by atoms with Crippen LogP contribution < -0.4 is 10.6 Å². The number of carbonyl (C=O) groups excluding carboxylic acids is 1. The SMILES string of the molecule is COCCNc1nc(SC(C)C)nc2c1cnn2CCNC(=O)c1ccc([N+](=O)[O-])o1. The summed E-state index contributed by atoms with van der Waals surface area (Å²) in [7, 11) is 1.63. The summed E-state index contributed by atoms with van der Waals surface area (Å²) in [6.07, 6.45) is 1.67. The Bertz CT molecular complexity index is 1060. The summed E-state index contributed by atoms with van der Waals surface area (Å²) in [5, 5.41) is 22.6. The zero-order valence-corrected chi connectivity index (χ0v) is 18.1. The summed E-state index contributed by atoms with van der Waals surface area (Å²) >= 11 is 1.54. The topological polar surface area (TPSA) is 150 Å². The maximum atomic E-state index is 12.1. The zero-order chi connectivity index (χ0) is 22.4. The number of nitro groups is 1. The van der Waals surface area contributed by atoms with Gasteiger partial charge in [-0.25, -0.2) is 14.6 Å². The maximum absolute atomic E-state index is 12.1. The molecule has 31 heavy (non-hydrogen) atoms. The van der Waals surface area contributed by atoms with Gasteiger partial charge in [0, 0.05) is 25.4 Å². The highest BCUT2D eigenvalue weighted by molar-refractivity contribution is 7.99. The van der Waals surface area contributed by atoms with E-state index in [1.165, 1.54) is 17.8 Å². The standard InChI is InChI=1S/C18H23N7O5S/c1-11(2)31-18-22-15(19-7-9-29-3)12-10-21-24(16(12)23-18)8-6-20-17(26)13-4-5-14(30-13)25(27)28/h4-5,10-11H,6-9H2,1-3H3,(H,20,26)(H,19,22,23). The Morgan fingerprint density at radius 3 is 2.84 bits per heavy atom. The van der Waals surface area contributed by atoms with Crippen molar-refractivity contribution in [3.8, 4) is 0 Å². The summed E-state index contributed by atoms with van der Waals surface area (Å²) in [6.45, 7) is 5.81. The summed E-state index contributed by atoms with van der Waals surface area (Å²) in [4.78, 5) is 31.3. The van der Waals surface area contributed by atoms with Crippen molar-refractivity contribution in [2.24, 2.45) is 0 Å². The lowest BCUT2D eigenvalue weighted by Gasteiger charge is -2.10. The van der Waals surface area contributed by atoms with Crippen LogP contribution in [0, 0.1) is 10.1 Å². The molecule has 0 aliphatic rings. The van der Waals surface area contributed by atoms with Crippen LogP contribution >= 0.6 is 11.8 Å². The lowest BCUT2D eigenvalue weighted by molar-refractivity contribution is -0.402. The van der Waals surface area contributed by atoms with Gasteiger partial charge in [0.1, 0.15) is 10.7 Å². The molecule has 1 amide bonds. The molecule has 12 nitrogen and oxygen atoms in total. The highest BCUT2D eigenvalue weighted by atomic mass is 32.2. The molecule has 3 aromatic rings. The number of thioether (sulfide) groups is 1. The predicted molar refractivity (Wildman–Crippen MR) is 114 cm³/mol. The second-order valence-corrected chi connectivity index (χ2v) is 8.24. The lowest BCUT2D eigenvalue weighted by Crippen LogP contribution is -2.27. The van der Waals surface area contributed by atoms with Crippen LogP contribution in [0.15, 0.2) is 27.9 Å². The average Bonchev–Trinajstić information content (AvgIpc) is 3.36. The number of hydrogen-bond donors (Lipinski definition) is 2. The van der Waals surface area contributed by atoms with Crippen molar-refractivity contribution >= 4 is 40.4 Å². The van der Waals surface area contributed by atoms with Gasteiger partial charge in [0.2, 0.25) is 0 Å². The number of fused-ring (bicyclic) bond motifs is 1. The van der Waals surface area contributed by atoms with Gasteiger partial charge in [-0.1, -0.05) is 25.6 Å². The Kier molecular flexibility index (Phi) is 7.41. The van der Waals surface area contributed by atoms with Crippen molar-refractivity contribution in [1.29, 1.82) is 0 Å². The first-order valence-corrected chi connectivity index (χ1v) is 10.4. The Morgan fingerprint density at radius 2 is 2.16 bits per heavy atom. The van der Waals surface area contributed by atoms with E-state index in [1.54, 1.807) is 18.0 Å². The first kappa shape index (κ1) is 22.5. The zero-order valence-electron chi connectivity index (χ0n) is 17.3. The summed E-state index contributed by atoms with van der Waals surface area (Å²) in [5.74, 6) is -0.483. The van der Waals surface area contributed by atoms with Crippen LogP contribution in [0.5, 0.6) is 0 Å². The van der Waals surface area contributed by atoms with Crippen LogP contribution in [0.1, 0.15) is 24.4 Å². The number of anilines is 1. The first-order valence-electron chi connectivity index (χ1n) is 9.54. The smallest absolute Gasteiger partial charge is 0.395 e. The van der Waals surface area contributed by atoms with E-state index in [0.29, 0.717) is 41.6 Å². The quantitative estimate of drug-likeness (QED) is 0.147. The summed E-state index contributed by atoms with van der Waals surface area (Å²) in [5.41, 5.74) is 0.640. The van der Waals surface area contributed by atoms with Crippen LogP contribution in [-0.2, 0) is 11.3 Å². The number of aromatic nitrogens is 4. The number of furan rings is 1. The highest BCUT2D eigenvalue weighted by Crippen LogP contribution is 2.26. The first-order chi connectivity index (χ1) is 14.9. The average molecular weight is 449 g/mol. The van der Waals surface area contributed by atoms with Gasteiger partial charge >= 0.3 is 5.88 Å². The van der Waals surface area contributed by atoms with Crippen molar-refractivity contribution in [1.82, 2.24) is 25.1 Å². The van der Waals surface area contributed by atoms with E-state index in [0.717, 1.165) is 11.5 Å². The van der Waals surface area contributed by atoms with Crippen molar-refractivity contribution in [2.45, 2.75) is 30.8 Å². The Morgan fingerprint density at radius 1 is 1.35 bits per heavy atom. The van der Waals surface area contributed by atoms with Crippen LogP contribution in [0.4, 0.5) is 11.7 Å². The van der Waals surface area contributed by atoms with Gasteiger partial charge in [-0.15, -0.1) is 0 Å². The minimum absolute atomic E-state index is 0.125. The van der Waals surface area contributed by atoms with Crippen LogP contribution in [0.3, 0.4) is 0 Å². The van der Waals surface area contributed by atoms with Gasteiger partial charge in [0.25, 0.3) is 5.91 Å². The molecule has 0 aliphatic carbocycles. The molecule has 2 N–H and O–H groups in total. The third-order valence-electron chi connectivity index (χ3n) is 4.02. The van der Waals surface area contributed by atoms with Crippen LogP contribution in [0.2, 0.25) is 0 Å². The minimum Gasteiger partial charge on any atom is -0.395 e. The fraction of sp³-hybridized carbons (Fsp3) is 0.444. The Labute approximate surface area is 181 Å². The molecule has 0 unspecified atom stereocenters. The minimum atomic E-state index is -0.697. The molecule has 0 saturated carbocycles. The monoisotopic (exact) mass is 449 g/mol. The van der Waals surface area contributed by atoms with Gasteiger partial charge < -0.3 is 19.8 Å². The molecule has 3 aromatic heterocycles. The van der Waals surface area contributed by atoms with Crippen molar-refractivity contribution in [2.75, 3.05) is 32.1 Å². The van der Waals surface area contributed by atoms with Gasteiger partial charge in [-0.2, -0.15) is 5.10 Å². The van der Waals surface area contributed by atoms with Gasteiger partial charge in [-0.3, -0.25) is 14.9 Å². The number of methoxy groups -OCH3 is 1. The predicted octanol–water partition coefficient (Wildman–Crippen LogP) is 2.32. The molecule has 3 heterocycles. The number of ether oxygens (including phenoxy) is 1. The largest absolute Gasteiger partial charge is 0.433 e. The molecule has 0 spiro atoms. The number of nitrogens with zero attached hydrogens (tertiary/aromatic N) is 5. The molecular formula is C18H23N7O5S. The van der Waals surface area contributed by atoms with Gasteiger partial charge in [0.05, 0.1) is 30.8 Å². The fourth-order valence-corrected chi connectivity index (χ4v) is 3.38. The third kappa shape index (κ3) is 5.70. The van der Waals surface area contributed by atoms with Crippen molar-refractivity contribution in [3.05, 3.63) is 34.2 Å². The summed E-state index contributed by atoms with van der Waals surface area (Å²) in [6, 6.07) is 2.40. The van der Waals surface area contributed by atoms with Gasteiger partial charge in [0.15, 0.2) is 16.6 Å². The van der Waals surface area contributed by atoms with Crippen molar-refractivity contribution in [3.63, 3.8) is 0 Å². The highest BCUT2D eigenvalue weighted by Gasteiger charge is 2.18. The molecule has 166 valence electrons. The number of carbonyl (C=O) groups is 1. The van der Waals surface area contributed by atoms with Gasteiger partial charge in [-0.05, 0) is 6.07 Å². The summed E-state index contributed by atoms with van der Waals surface area (Å²) < 4.78 is 11.7. The lowest BCUT2D eigenvalue weighted by atomic mass is 10.4. The van der Waals surface area contributed by atoms with E-state index >= 15 is 0 Å². The number of rotatable bonds is 11. The molecule has 0 atom stereocenters. The molecule has 0 bridgehead atoms. The fourth-order valence-electron chi connectivity index (χ4n) is 2.68. The Hall–Kier alpha value is -3.19. The third-order valence-corrected chi connectivity index (χ3v) is 4.88. The van der Waals surface area contributed by atoms with E-state index < -0.39 is 16.7 Å². The van der Waals surface area contributed by atoms with Crippen LogP contribution in [0.25, 0.3) is 11.0 Å². The normalized spacial score (nSPS) is 11.2. The van der Waals surface area contributed by atoms with E-state index in [1.807, 2.05) is 0 Å². The van der Waals surface area contributed by atoms with E-state index in [9.17, 15) is 14.9 Å². The second kappa shape index (κ2) is 10.2. The molecule has 13 heteroatoms. The molecule has 0 fully saturated rings. The molecule has 3 rings (SSSR count). The molecule has 0 aliphatic heterocycles.